The van der Waals surface area contributed by atoms with Crippen LogP contribution < -0.4 is 0 Å². The summed E-state index contributed by atoms with van der Waals surface area (Å²) in [6, 6.07) is 15.1. The maximum absolute atomic E-state index is 12.8. The number of hydrogen-bond donors (Lipinski definition) is 0. The minimum atomic E-state index is -0.996. The van der Waals surface area contributed by atoms with Gasteiger partial charge in [0, 0.05) is 27.1 Å². The van der Waals surface area contributed by atoms with Crippen molar-refractivity contribution in [3.8, 4) is 11.1 Å². The Balaban J connectivity index is 1.74. The molecule has 2 aromatic rings. The summed E-state index contributed by atoms with van der Waals surface area (Å²) in [7, 11) is 4.61. The maximum Gasteiger partial charge on any atom is 0.410 e. The molecule has 0 radical (unpaired) electrons. The summed E-state index contributed by atoms with van der Waals surface area (Å²) in [6.07, 6.45) is -0.891. The van der Waals surface area contributed by atoms with Gasteiger partial charge in [-0.3, -0.25) is 14.5 Å². The van der Waals surface area contributed by atoms with E-state index in [0.717, 1.165) is 22.3 Å². The van der Waals surface area contributed by atoms with Crippen molar-refractivity contribution in [1.29, 1.82) is 0 Å². The Morgan fingerprint density at radius 1 is 0.903 bits per heavy atom. The van der Waals surface area contributed by atoms with Crippen LogP contribution in [0.1, 0.15) is 30.4 Å². The lowest BCUT2D eigenvalue weighted by Gasteiger charge is -2.28. The van der Waals surface area contributed by atoms with Gasteiger partial charge < -0.3 is 14.4 Å². The number of esters is 1. The fourth-order valence-electron chi connectivity index (χ4n) is 3.89. The molecule has 0 saturated carbocycles. The summed E-state index contributed by atoms with van der Waals surface area (Å²) in [4.78, 5) is 39.9. The zero-order valence-corrected chi connectivity index (χ0v) is 18.3. The molecule has 164 valence electrons. The lowest BCUT2D eigenvalue weighted by Crippen LogP contribution is -2.48. The summed E-state index contributed by atoms with van der Waals surface area (Å²) in [5.74, 6) is -0.997. The number of carbonyl (C=O) groups is 3. The molecule has 1 atom stereocenters. The van der Waals surface area contributed by atoms with Gasteiger partial charge in [0.2, 0.25) is 5.91 Å². The van der Waals surface area contributed by atoms with Gasteiger partial charge in [0.25, 0.3) is 0 Å². The Morgan fingerprint density at radius 3 is 1.97 bits per heavy atom. The van der Waals surface area contributed by atoms with E-state index in [0.29, 0.717) is 0 Å². The van der Waals surface area contributed by atoms with Gasteiger partial charge in [-0.2, -0.15) is 0 Å². The monoisotopic (exact) mass is 424 g/mol. The number of rotatable bonds is 7. The van der Waals surface area contributed by atoms with E-state index in [1.165, 1.54) is 16.8 Å². The average molecular weight is 424 g/mol. The van der Waals surface area contributed by atoms with Crippen LogP contribution in [0.4, 0.5) is 4.79 Å². The number of ether oxygens (including phenoxy) is 2. The van der Waals surface area contributed by atoms with Crippen molar-refractivity contribution in [2.75, 3.05) is 34.4 Å². The third-order valence-corrected chi connectivity index (χ3v) is 5.48. The fraction of sp³-hybridized carbons (Fsp3) is 0.375. The van der Waals surface area contributed by atoms with Gasteiger partial charge in [-0.15, -0.1) is 0 Å². The van der Waals surface area contributed by atoms with E-state index >= 15 is 0 Å². The van der Waals surface area contributed by atoms with Crippen LogP contribution >= 0.6 is 0 Å². The number of likely N-dealkylation sites (N-methyl/N-ethyl adjacent to an activating group) is 2. The molecule has 0 bridgehead atoms. The quantitative estimate of drug-likeness (QED) is 0.638. The minimum Gasteiger partial charge on any atom is -0.466 e. The van der Waals surface area contributed by atoms with E-state index in [9.17, 15) is 14.4 Å². The minimum absolute atomic E-state index is 0.0854. The van der Waals surface area contributed by atoms with Gasteiger partial charge in [0.15, 0.2) is 0 Å². The molecule has 7 heteroatoms. The molecular formula is C24H28N2O5. The molecule has 1 aliphatic rings. The average Bonchev–Trinajstić information content (AvgIpc) is 3.09. The predicted octanol–water partition coefficient (Wildman–Crippen LogP) is 3.28. The van der Waals surface area contributed by atoms with Crippen molar-refractivity contribution in [2.24, 2.45) is 0 Å². The van der Waals surface area contributed by atoms with Crippen molar-refractivity contribution >= 4 is 18.0 Å². The smallest absolute Gasteiger partial charge is 0.410 e. The van der Waals surface area contributed by atoms with Crippen LogP contribution in [0.25, 0.3) is 11.1 Å². The largest absolute Gasteiger partial charge is 0.466 e. The Morgan fingerprint density at radius 2 is 1.45 bits per heavy atom. The molecule has 7 nitrogen and oxygen atoms in total. The zero-order valence-electron chi connectivity index (χ0n) is 18.3. The molecule has 3 rings (SSSR count). The molecule has 0 saturated heterocycles. The number of amides is 2. The molecule has 0 N–H and O–H groups in total. The standard InChI is InChI=1S/C24H28N2O5/c1-5-30-22(27)14-21(23(28)25(2)3)26(4)24(29)31-15-20-18-12-8-6-10-16(18)17-11-7-9-13-19(17)20/h6-13,20-21H,5,14-15H2,1-4H3/t21-/m0/s1. The molecule has 2 amide bonds. The summed E-state index contributed by atoms with van der Waals surface area (Å²) in [5.41, 5.74) is 4.48. The van der Waals surface area contributed by atoms with E-state index in [4.69, 9.17) is 9.47 Å². The molecule has 0 aliphatic heterocycles. The van der Waals surface area contributed by atoms with Crippen LogP contribution in [0.15, 0.2) is 48.5 Å². The SMILES string of the molecule is CCOC(=O)C[C@@H](C(=O)N(C)C)N(C)C(=O)OCC1c2ccccc2-c2ccccc21. The zero-order chi connectivity index (χ0) is 22.5. The van der Waals surface area contributed by atoms with E-state index in [1.807, 2.05) is 36.4 Å². The second kappa shape index (κ2) is 9.64. The van der Waals surface area contributed by atoms with E-state index in [-0.39, 0.29) is 31.5 Å². The molecule has 0 heterocycles. The number of carbonyl (C=O) groups excluding carboxylic acids is 3. The number of hydrogen-bond acceptors (Lipinski definition) is 5. The second-order valence-electron chi connectivity index (χ2n) is 7.67. The summed E-state index contributed by atoms with van der Waals surface area (Å²) in [5, 5.41) is 0. The number of fused-ring (bicyclic) bond motifs is 3. The van der Waals surface area contributed by atoms with Gasteiger partial charge in [0.05, 0.1) is 13.0 Å². The van der Waals surface area contributed by atoms with E-state index in [2.05, 4.69) is 12.1 Å². The van der Waals surface area contributed by atoms with E-state index in [1.54, 1.807) is 21.0 Å². The lowest BCUT2D eigenvalue weighted by atomic mass is 9.98. The van der Waals surface area contributed by atoms with Crippen LogP contribution in [0.2, 0.25) is 0 Å². The van der Waals surface area contributed by atoms with Crippen molar-refractivity contribution in [3.63, 3.8) is 0 Å². The van der Waals surface area contributed by atoms with Gasteiger partial charge >= 0.3 is 12.1 Å². The first-order valence-electron chi connectivity index (χ1n) is 10.3. The summed E-state index contributed by atoms with van der Waals surface area (Å²) >= 11 is 0. The molecule has 0 unspecified atom stereocenters. The number of benzene rings is 2. The molecule has 31 heavy (non-hydrogen) atoms. The topological polar surface area (TPSA) is 76.2 Å². The van der Waals surface area contributed by atoms with Crippen molar-refractivity contribution < 1.29 is 23.9 Å². The van der Waals surface area contributed by atoms with Gasteiger partial charge in [-0.25, -0.2) is 4.79 Å². The predicted molar refractivity (Wildman–Crippen MR) is 117 cm³/mol. The highest BCUT2D eigenvalue weighted by molar-refractivity contribution is 5.89. The Bertz CT molecular complexity index is 926. The van der Waals surface area contributed by atoms with E-state index < -0.39 is 18.1 Å². The van der Waals surface area contributed by atoms with Crippen molar-refractivity contribution in [1.82, 2.24) is 9.80 Å². The third-order valence-electron chi connectivity index (χ3n) is 5.48. The number of nitrogens with zero attached hydrogens (tertiary/aromatic N) is 2. The first kappa shape index (κ1) is 22.3. The highest BCUT2D eigenvalue weighted by Gasteiger charge is 2.34. The highest BCUT2D eigenvalue weighted by atomic mass is 16.6. The molecular weight excluding hydrogens is 396 g/mol. The molecule has 2 aromatic carbocycles. The van der Waals surface area contributed by atoms with Crippen LogP contribution in [0, 0.1) is 0 Å². The normalized spacial score (nSPS) is 13.0. The first-order chi connectivity index (χ1) is 14.8. The lowest BCUT2D eigenvalue weighted by molar-refractivity contribution is -0.148. The highest BCUT2D eigenvalue weighted by Crippen LogP contribution is 2.44. The van der Waals surface area contributed by atoms with Crippen molar-refractivity contribution in [2.45, 2.75) is 25.3 Å². The Labute approximate surface area is 182 Å². The molecule has 1 aliphatic carbocycles. The fourth-order valence-corrected chi connectivity index (χ4v) is 3.89. The van der Waals surface area contributed by atoms with Crippen LogP contribution in [0.5, 0.6) is 0 Å². The summed E-state index contributed by atoms with van der Waals surface area (Å²) in [6.45, 7) is 2.03. The molecule has 0 fully saturated rings. The molecule has 0 spiro atoms. The van der Waals surface area contributed by atoms with Gasteiger partial charge in [-0.05, 0) is 29.2 Å². The third kappa shape index (κ3) is 4.71. The van der Waals surface area contributed by atoms with Gasteiger partial charge in [0.1, 0.15) is 12.6 Å². The van der Waals surface area contributed by atoms with Crippen LogP contribution in [0.3, 0.4) is 0 Å². The summed E-state index contributed by atoms with van der Waals surface area (Å²) < 4.78 is 10.6. The van der Waals surface area contributed by atoms with Gasteiger partial charge in [-0.1, -0.05) is 48.5 Å². The maximum atomic E-state index is 12.8. The molecule has 0 aromatic heterocycles. The van der Waals surface area contributed by atoms with Crippen LogP contribution in [-0.2, 0) is 19.1 Å². The second-order valence-corrected chi connectivity index (χ2v) is 7.67. The first-order valence-corrected chi connectivity index (χ1v) is 10.3. The van der Waals surface area contributed by atoms with Crippen LogP contribution in [-0.4, -0.2) is 68.2 Å². The van der Waals surface area contributed by atoms with Crippen molar-refractivity contribution in [3.05, 3.63) is 59.7 Å². The Hall–Kier alpha value is -3.35. The Kier molecular flexibility index (Phi) is 6.95.